The van der Waals surface area contributed by atoms with E-state index in [0.717, 1.165) is 18.4 Å². The SMILES string of the molecule is CCCCC(C)C(CCC(O)c1ccccc1)(C(C)C)C(C)CC. The molecule has 1 N–H and O–H groups in total. The lowest BCUT2D eigenvalue weighted by molar-refractivity contribution is -0.00173. The summed E-state index contributed by atoms with van der Waals surface area (Å²) in [7, 11) is 0. The second kappa shape index (κ2) is 10.2. The maximum Gasteiger partial charge on any atom is 0.0790 e. The molecule has 0 radical (unpaired) electrons. The zero-order chi connectivity index (χ0) is 18.2. The summed E-state index contributed by atoms with van der Waals surface area (Å²) in [6, 6.07) is 10.1. The van der Waals surface area contributed by atoms with Gasteiger partial charge in [-0.2, -0.15) is 0 Å². The monoisotopic (exact) mass is 332 g/mol. The number of hydrogen-bond acceptors (Lipinski definition) is 1. The first-order chi connectivity index (χ1) is 11.4. The molecular weight excluding hydrogens is 292 g/mol. The van der Waals surface area contributed by atoms with E-state index in [2.05, 4.69) is 41.5 Å². The van der Waals surface area contributed by atoms with Gasteiger partial charge in [0, 0.05) is 0 Å². The molecule has 0 aliphatic heterocycles. The van der Waals surface area contributed by atoms with E-state index in [4.69, 9.17) is 0 Å². The first-order valence-corrected chi connectivity index (χ1v) is 10.1. The smallest absolute Gasteiger partial charge is 0.0790 e. The Morgan fingerprint density at radius 1 is 0.917 bits per heavy atom. The largest absolute Gasteiger partial charge is 0.388 e. The number of rotatable bonds is 11. The first kappa shape index (κ1) is 21.2. The molecule has 24 heavy (non-hydrogen) atoms. The summed E-state index contributed by atoms with van der Waals surface area (Å²) < 4.78 is 0. The minimum Gasteiger partial charge on any atom is -0.388 e. The van der Waals surface area contributed by atoms with Gasteiger partial charge in [-0.15, -0.1) is 0 Å². The van der Waals surface area contributed by atoms with Gasteiger partial charge < -0.3 is 5.11 Å². The third-order valence-corrected chi connectivity index (χ3v) is 6.55. The van der Waals surface area contributed by atoms with Crippen molar-refractivity contribution in [3.05, 3.63) is 35.9 Å². The molecule has 0 saturated heterocycles. The number of unbranched alkanes of at least 4 members (excludes halogenated alkanes) is 1. The summed E-state index contributed by atoms with van der Waals surface area (Å²) >= 11 is 0. The number of benzene rings is 1. The topological polar surface area (TPSA) is 20.2 Å². The zero-order valence-electron chi connectivity index (χ0n) is 16.9. The van der Waals surface area contributed by atoms with Crippen LogP contribution in [0.15, 0.2) is 30.3 Å². The fourth-order valence-electron chi connectivity index (χ4n) is 4.79. The van der Waals surface area contributed by atoms with E-state index in [9.17, 15) is 5.11 Å². The molecule has 0 spiro atoms. The molecule has 138 valence electrons. The number of aliphatic hydroxyl groups is 1. The lowest BCUT2D eigenvalue weighted by atomic mass is 9.57. The Balaban J connectivity index is 2.95. The van der Waals surface area contributed by atoms with Gasteiger partial charge in [0.1, 0.15) is 0 Å². The van der Waals surface area contributed by atoms with Gasteiger partial charge in [-0.3, -0.25) is 0 Å². The van der Waals surface area contributed by atoms with Crippen molar-refractivity contribution in [2.24, 2.45) is 23.2 Å². The van der Waals surface area contributed by atoms with Crippen molar-refractivity contribution < 1.29 is 5.11 Å². The van der Waals surface area contributed by atoms with E-state index in [0.29, 0.717) is 23.2 Å². The van der Waals surface area contributed by atoms with Crippen LogP contribution in [0.25, 0.3) is 0 Å². The second-order valence-electron chi connectivity index (χ2n) is 8.08. The summed E-state index contributed by atoms with van der Waals surface area (Å²) in [4.78, 5) is 0. The van der Waals surface area contributed by atoms with Crippen molar-refractivity contribution in [1.29, 1.82) is 0 Å². The molecule has 0 fully saturated rings. The summed E-state index contributed by atoms with van der Waals surface area (Å²) in [5.74, 6) is 2.03. The lowest BCUT2D eigenvalue weighted by Crippen LogP contribution is -2.41. The van der Waals surface area contributed by atoms with E-state index < -0.39 is 0 Å². The van der Waals surface area contributed by atoms with Crippen LogP contribution in [0.2, 0.25) is 0 Å². The Labute approximate surface area is 150 Å². The van der Waals surface area contributed by atoms with Gasteiger partial charge in [0.05, 0.1) is 6.10 Å². The quantitative estimate of drug-likeness (QED) is 0.462. The van der Waals surface area contributed by atoms with Gasteiger partial charge >= 0.3 is 0 Å². The summed E-state index contributed by atoms with van der Waals surface area (Å²) in [6.45, 7) is 14.3. The van der Waals surface area contributed by atoms with Crippen LogP contribution in [0, 0.1) is 23.2 Å². The molecule has 0 aliphatic carbocycles. The van der Waals surface area contributed by atoms with Crippen LogP contribution in [0.1, 0.15) is 91.7 Å². The minimum absolute atomic E-state index is 0.319. The third-order valence-electron chi connectivity index (χ3n) is 6.55. The van der Waals surface area contributed by atoms with Crippen molar-refractivity contribution in [3.63, 3.8) is 0 Å². The van der Waals surface area contributed by atoms with Gasteiger partial charge in [0.25, 0.3) is 0 Å². The zero-order valence-corrected chi connectivity index (χ0v) is 16.9. The van der Waals surface area contributed by atoms with Crippen molar-refractivity contribution in [2.75, 3.05) is 0 Å². The molecule has 4 atom stereocenters. The fraction of sp³-hybridized carbons (Fsp3) is 0.739. The molecule has 4 unspecified atom stereocenters. The van der Waals surface area contributed by atoms with Gasteiger partial charge in [0.2, 0.25) is 0 Å². The highest BCUT2D eigenvalue weighted by molar-refractivity contribution is 5.17. The van der Waals surface area contributed by atoms with Crippen molar-refractivity contribution >= 4 is 0 Å². The molecule has 0 aliphatic rings. The standard InChI is InChI=1S/C23H40O/c1-7-9-13-20(6)23(18(3)4,19(5)8-2)17-16-22(24)21-14-11-10-12-15-21/h10-12,14-15,18-20,22,24H,7-9,13,16-17H2,1-6H3. The molecule has 1 aromatic carbocycles. The maximum atomic E-state index is 10.7. The van der Waals surface area contributed by atoms with Crippen LogP contribution in [-0.4, -0.2) is 5.11 Å². The van der Waals surface area contributed by atoms with Gasteiger partial charge in [0.15, 0.2) is 0 Å². The predicted octanol–water partition coefficient (Wildman–Crippen LogP) is 7.02. The van der Waals surface area contributed by atoms with Crippen LogP contribution < -0.4 is 0 Å². The Kier molecular flexibility index (Phi) is 9.05. The van der Waals surface area contributed by atoms with E-state index in [1.807, 2.05) is 30.3 Å². The average molecular weight is 333 g/mol. The molecule has 0 amide bonds. The fourth-order valence-corrected chi connectivity index (χ4v) is 4.79. The summed E-state index contributed by atoms with van der Waals surface area (Å²) in [5.41, 5.74) is 1.38. The molecule has 0 heterocycles. The third kappa shape index (κ3) is 5.09. The molecule has 0 bridgehead atoms. The Morgan fingerprint density at radius 2 is 1.54 bits per heavy atom. The van der Waals surface area contributed by atoms with Crippen LogP contribution in [0.3, 0.4) is 0 Å². The van der Waals surface area contributed by atoms with Crippen molar-refractivity contribution in [3.8, 4) is 0 Å². The lowest BCUT2D eigenvalue weighted by Gasteiger charge is -2.48. The minimum atomic E-state index is -0.341. The van der Waals surface area contributed by atoms with Crippen LogP contribution >= 0.6 is 0 Å². The van der Waals surface area contributed by atoms with Crippen LogP contribution in [-0.2, 0) is 0 Å². The second-order valence-corrected chi connectivity index (χ2v) is 8.08. The highest BCUT2D eigenvalue weighted by Gasteiger charge is 2.42. The van der Waals surface area contributed by atoms with E-state index in [-0.39, 0.29) is 6.10 Å². The van der Waals surface area contributed by atoms with Gasteiger partial charge in [-0.05, 0) is 41.6 Å². The molecule has 0 saturated carbocycles. The first-order valence-electron chi connectivity index (χ1n) is 10.1. The molecule has 1 heteroatoms. The maximum absolute atomic E-state index is 10.7. The van der Waals surface area contributed by atoms with Crippen molar-refractivity contribution in [2.45, 2.75) is 86.2 Å². The van der Waals surface area contributed by atoms with Crippen LogP contribution in [0.4, 0.5) is 0 Å². The predicted molar refractivity (Wildman–Crippen MR) is 106 cm³/mol. The van der Waals surface area contributed by atoms with Gasteiger partial charge in [-0.25, -0.2) is 0 Å². The van der Waals surface area contributed by atoms with Crippen LogP contribution in [0.5, 0.6) is 0 Å². The van der Waals surface area contributed by atoms with Crippen molar-refractivity contribution in [1.82, 2.24) is 0 Å². The summed E-state index contributed by atoms with van der Waals surface area (Å²) in [5, 5.41) is 10.7. The highest BCUT2D eigenvalue weighted by Crippen LogP contribution is 2.50. The molecular formula is C23H40O. The normalized spacial score (nSPS) is 18.2. The average Bonchev–Trinajstić information content (AvgIpc) is 2.60. The Hall–Kier alpha value is -0.820. The molecule has 1 rings (SSSR count). The Morgan fingerprint density at radius 3 is 2.04 bits per heavy atom. The summed E-state index contributed by atoms with van der Waals surface area (Å²) in [6.07, 6.45) is 6.74. The van der Waals surface area contributed by atoms with E-state index >= 15 is 0 Å². The molecule has 1 nitrogen and oxygen atoms in total. The Bertz CT molecular complexity index is 439. The van der Waals surface area contributed by atoms with E-state index in [1.165, 1.54) is 25.7 Å². The highest BCUT2D eigenvalue weighted by atomic mass is 16.3. The molecule has 0 aromatic heterocycles. The van der Waals surface area contributed by atoms with Gasteiger partial charge in [-0.1, -0.05) is 97.6 Å². The van der Waals surface area contributed by atoms with E-state index in [1.54, 1.807) is 0 Å². The number of hydrogen-bond donors (Lipinski definition) is 1. The molecule has 1 aromatic rings. The number of aliphatic hydroxyl groups excluding tert-OH is 1.